The zero-order chi connectivity index (χ0) is 59.5. The molecule has 10 rings (SSSR count). The zero-order valence-corrected chi connectivity index (χ0v) is 46.3. The van der Waals surface area contributed by atoms with Gasteiger partial charge in [-0.1, -0.05) is 91.0 Å². The van der Waals surface area contributed by atoms with Crippen LogP contribution in [-0.2, 0) is 60.1 Å². The van der Waals surface area contributed by atoms with Crippen LogP contribution in [-0.4, -0.2) is 86.3 Å². The number of rotatable bonds is 6. The molecular weight excluding hydrogens is 1160 g/mol. The highest BCUT2D eigenvalue weighted by Crippen LogP contribution is 2.36. The molecule has 0 aliphatic heterocycles. The lowest BCUT2D eigenvalue weighted by Crippen LogP contribution is -2.01. The molecule has 22 nitrogen and oxygen atoms in total. The quantitative estimate of drug-likeness (QED) is 0.0430. The number of benzene rings is 10. The third-order valence-corrected chi connectivity index (χ3v) is 17.2. The normalized spacial score (nSPS) is 12.6. The highest BCUT2D eigenvalue weighted by Gasteiger charge is 2.19. The van der Waals surface area contributed by atoms with Crippen LogP contribution in [0.5, 0.6) is 5.75 Å². The maximum absolute atomic E-state index is 11.5. The largest absolute Gasteiger partial charge is 0.507 e. The van der Waals surface area contributed by atoms with Crippen molar-refractivity contribution in [2.45, 2.75) is 29.4 Å². The van der Waals surface area contributed by atoms with Crippen molar-refractivity contribution >= 4 is 148 Å². The van der Waals surface area contributed by atoms with E-state index in [-0.39, 0.29) is 36.0 Å². The predicted molar refractivity (Wildman–Crippen MR) is 312 cm³/mol. The molecule has 0 amide bonds. The Balaban J connectivity index is 0.000000162. The first-order valence-electron chi connectivity index (χ1n) is 22.3. The van der Waals surface area contributed by atoms with E-state index in [0.717, 1.165) is 29.2 Å². The van der Waals surface area contributed by atoms with Crippen molar-refractivity contribution in [2.24, 2.45) is 0 Å². The lowest BCUT2D eigenvalue weighted by atomic mass is 10.1. The van der Waals surface area contributed by atoms with Crippen LogP contribution < -0.4 is 28.7 Å². The smallest absolute Gasteiger partial charge is 0.295 e. The van der Waals surface area contributed by atoms with Gasteiger partial charge in [0.1, 0.15) is 25.3 Å². The van der Waals surface area contributed by atoms with E-state index in [9.17, 15) is 56.0 Å². The number of nitrogen functional groups attached to an aromatic ring is 5. The third-order valence-electron chi connectivity index (χ3n) is 11.5. The Kier molecular flexibility index (Phi) is 17.8. The van der Waals surface area contributed by atoms with Gasteiger partial charge in [0.25, 0.3) is 40.5 Å². The van der Waals surface area contributed by atoms with E-state index in [4.69, 9.17) is 46.9 Å². The molecule has 16 N–H and O–H groups in total. The SMILES string of the molecule is C=S(=O)(O)c1ccc(N)c2ccccc12.CS(=O)(=O)c1cc(N)c2c(O)cc(S(=O)(=O)O)cc2c1.Nc1cccc2c(S(=O)(=O)O)cccc12.Nc1cccc2cc(S(=O)(=O)O)ccc12.Nc1cccc2cccc(S(=O)(=O)O)c12. The number of anilines is 5. The van der Waals surface area contributed by atoms with E-state index in [1.165, 1.54) is 36.4 Å². The Morgan fingerprint density at radius 2 is 0.775 bits per heavy atom. The number of phenolic OH excluding ortho intramolecular Hbond substituents is 1. The van der Waals surface area contributed by atoms with E-state index in [1.807, 2.05) is 12.1 Å². The molecule has 10 aromatic carbocycles. The lowest BCUT2D eigenvalue weighted by Gasteiger charge is -2.09. The highest BCUT2D eigenvalue weighted by atomic mass is 32.2. The molecule has 1 atom stereocenters. The van der Waals surface area contributed by atoms with Gasteiger partial charge in [-0.25, -0.2) is 12.6 Å². The minimum atomic E-state index is -4.53. The van der Waals surface area contributed by atoms with Gasteiger partial charge in [0, 0.05) is 78.5 Å². The molecule has 0 saturated heterocycles. The van der Waals surface area contributed by atoms with Gasteiger partial charge >= 0.3 is 0 Å². The number of fused-ring (bicyclic) bond motifs is 5. The molecule has 1 unspecified atom stereocenters. The Bertz CT molecular complexity index is 4650. The molecular formula is C52H49N5O17S6. The summed E-state index contributed by atoms with van der Waals surface area (Å²) < 4.78 is 168. The molecule has 28 heteroatoms. The summed E-state index contributed by atoms with van der Waals surface area (Å²) in [4.78, 5) is -0.736. The second-order valence-corrected chi connectivity index (χ2v) is 26.6. The fourth-order valence-electron chi connectivity index (χ4n) is 7.93. The van der Waals surface area contributed by atoms with Gasteiger partial charge in [-0.2, -0.15) is 33.7 Å². The van der Waals surface area contributed by atoms with Gasteiger partial charge in [0.2, 0.25) is 0 Å². The van der Waals surface area contributed by atoms with E-state index in [1.54, 1.807) is 109 Å². The van der Waals surface area contributed by atoms with Gasteiger partial charge in [-0.05, 0) is 94.8 Å². The van der Waals surface area contributed by atoms with Crippen LogP contribution in [0.3, 0.4) is 0 Å². The minimum Gasteiger partial charge on any atom is -0.507 e. The molecule has 0 radical (unpaired) electrons. The Labute approximate surface area is 459 Å². The second kappa shape index (κ2) is 23.3. The van der Waals surface area contributed by atoms with Crippen LogP contribution in [0.1, 0.15) is 0 Å². The molecule has 0 spiro atoms. The second-order valence-electron chi connectivity index (χ2n) is 17.2. The van der Waals surface area contributed by atoms with Crippen molar-refractivity contribution in [2.75, 3.05) is 34.9 Å². The average Bonchev–Trinajstić information content (AvgIpc) is 3.38. The standard InChI is InChI=1S/C11H11NO6S2.C11H11NO2S.3C10H9NO3S/c1-19(14,15)7-2-6-3-8(20(16,17)18)5-10(13)11(6)9(12)4-7;1-15(13,14)11-7-6-10(12)8-4-2-3-5-9(8)11;11-9-5-1-4-8-7(9)3-2-6-10(8)15(12,13)14;11-8-5-1-3-7-4-2-6-9(10(7)8)15(12,13)14;11-10-3-1-2-7-6-8(15(12,13)14)4-5-9(7)10/h2-5,13H,12H2,1H3,(H,16,17,18);2-7H,1,12H2,(H,13,14);3*1-6H,11H2,(H,12,13,14). The lowest BCUT2D eigenvalue weighted by molar-refractivity contribution is 0.471. The van der Waals surface area contributed by atoms with Gasteiger partial charge in [0.15, 0.2) is 9.84 Å². The van der Waals surface area contributed by atoms with Gasteiger partial charge in [0.05, 0.1) is 19.6 Å². The molecule has 10 aromatic rings. The minimum absolute atomic E-state index is 0.0117. The zero-order valence-electron chi connectivity index (χ0n) is 41.4. The number of hydrogen-bond acceptors (Lipinski definition) is 17. The molecule has 0 aromatic heterocycles. The Morgan fingerprint density at radius 3 is 1.34 bits per heavy atom. The van der Waals surface area contributed by atoms with Crippen LogP contribution >= 0.6 is 0 Å². The summed E-state index contributed by atoms with van der Waals surface area (Å²) in [5.74, 6) is 2.80. The van der Waals surface area contributed by atoms with E-state index >= 15 is 0 Å². The topological polar surface area (TPSA) is 439 Å². The monoisotopic (exact) mass is 1210 g/mol. The Morgan fingerprint density at radius 1 is 0.338 bits per heavy atom. The number of hydrogen-bond donors (Lipinski definition) is 11. The number of phenols is 1. The summed E-state index contributed by atoms with van der Waals surface area (Å²) in [6.07, 6.45) is 0.972. The van der Waals surface area contributed by atoms with Crippen molar-refractivity contribution in [1.29, 1.82) is 0 Å². The third kappa shape index (κ3) is 14.6. The summed E-state index contributed by atoms with van der Waals surface area (Å²) in [6, 6.07) is 43.3. The molecule has 0 bridgehead atoms. The maximum atomic E-state index is 11.5. The number of aromatic hydroxyl groups is 1. The fraction of sp³-hybridized carbons (Fsp3) is 0.0192. The summed E-state index contributed by atoms with van der Waals surface area (Å²) in [5, 5.41) is 15.0. The summed E-state index contributed by atoms with van der Waals surface area (Å²) in [7, 11) is -23.9. The maximum Gasteiger partial charge on any atom is 0.295 e. The first-order valence-corrected chi connectivity index (χ1v) is 31.7. The summed E-state index contributed by atoms with van der Waals surface area (Å²) in [5.41, 5.74) is 30.5. The Hall–Kier alpha value is -8.13. The first kappa shape index (κ1) is 61.1. The van der Waals surface area contributed by atoms with Crippen molar-refractivity contribution in [1.82, 2.24) is 0 Å². The molecule has 0 aliphatic rings. The molecule has 0 aliphatic carbocycles. The van der Waals surface area contributed by atoms with Gasteiger partial charge < -0.3 is 38.3 Å². The van der Waals surface area contributed by atoms with E-state index in [0.29, 0.717) is 60.0 Å². The number of nitrogens with two attached hydrogens (primary N) is 5. The van der Waals surface area contributed by atoms with Crippen LogP contribution in [0.2, 0.25) is 0 Å². The van der Waals surface area contributed by atoms with Gasteiger partial charge in [-0.15, -0.1) is 0 Å². The summed E-state index contributed by atoms with van der Waals surface area (Å²) >= 11 is 0. The van der Waals surface area contributed by atoms with Crippen LogP contribution in [0, 0.1) is 0 Å². The van der Waals surface area contributed by atoms with Crippen molar-refractivity contribution < 1.29 is 74.2 Å². The van der Waals surface area contributed by atoms with Gasteiger partial charge in [-0.3, -0.25) is 18.2 Å². The van der Waals surface area contributed by atoms with Crippen LogP contribution in [0.4, 0.5) is 28.4 Å². The fourth-order valence-corrected chi connectivity index (χ4v) is 11.9. The van der Waals surface area contributed by atoms with Crippen molar-refractivity contribution in [3.63, 3.8) is 0 Å². The highest BCUT2D eigenvalue weighted by molar-refractivity contribution is 7.95. The molecule has 0 saturated carbocycles. The van der Waals surface area contributed by atoms with Crippen molar-refractivity contribution in [3.05, 3.63) is 170 Å². The van der Waals surface area contributed by atoms with Crippen LogP contribution in [0.15, 0.2) is 199 Å². The first-order chi connectivity index (χ1) is 37.0. The molecule has 0 heterocycles. The molecule has 80 heavy (non-hydrogen) atoms. The number of sulfone groups is 1. The molecule has 420 valence electrons. The van der Waals surface area contributed by atoms with E-state index in [2.05, 4.69) is 5.87 Å². The summed E-state index contributed by atoms with van der Waals surface area (Å²) in [6.45, 7) is 0. The average molecular weight is 1210 g/mol. The van der Waals surface area contributed by atoms with Crippen LogP contribution in [0.25, 0.3) is 53.9 Å². The molecule has 0 fully saturated rings. The predicted octanol–water partition coefficient (Wildman–Crippen LogP) is 7.75. The van der Waals surface area contributed by atoms with E-state index < -0.39 is 70.8 Å². The van der Waals surface area contributed by atoms with Crippen molar-refractivity contribution in [3.8, 4) is 5.75 Å².